The first kappa shape index (κ1) is 9.59. The highest BCUT2D eigenvalue weighted by Gasteiger charge is 2.02. The third-order valence-electron chi connectivity index (χ3n) is 1.77. The third-order valence-corrected chi connectivity index (χ3v) is 2.08. The fourth-order valence-corrected chi connectivity index (χ4v) is 1.33. The first-order valence-electron chi connectivity index (χ1n) is 4.29. The highest BCUT2D eigenvalue weighted by atomic mass is 35.5. The van der Waals surface area contributed by atoms with Crippen LogP contribution in [0.15, 0.2) is 6.07 Å². The van der Waals surface area contributed by atoms with Crippen LogP contribution in [0.3, 0.4) is 0 Å². The fourth-order valence-electron chi connectivity index (χ4n) is 1.05. The number of hydrogen-bond acceptors (Lipinski definition) is 1. The second kappa shape index (κ2) is 3.94. The Kier molecular flexibility index (Phi) is 3.15. The number of hydrogen-bond donors (Lipinski definition) is 0. The van der Waals surface area contributed by atoms with Crippen LogP contribution >= 0.6 is 11.6 Å². The van der Waals surface area contributed by atoms with Crippen molar-refractivity contribution in [3.05, 3.63) is 16.9 Å². The van der Waals surface area contributed by atoms with Crippen molar-refractivity contribution in [2.45, 2.75) is 33.7 Å². The molecule has 0 aromatic carbocycles. The number of aromatic nitrogens is 2. The van der Waals surface area contributed by atoms with Crippen molar-refractivity contribution in [1.29, 1.82) is 0 Å². The summed E-state index contributed by atoms with van der Waals surface area (Å²) in [6.45, 7) is 7.27. The summed E-state index contributed by atoms with van der Waals surface area (Å²) >= 11 is 5.93. The molecule has 2 nitrogen and oxygen atoms in total. The lowest BCUT2D eigenvalue weighted by Crippen LogP contribution is -2.03. The molecular formula is C9H15ClN2. The average Bonchev–Trinajstić information content (AvgIpc) is 2.26. The molecule has 0 unspecified atom stereocenters. The van der Waals surface area contributed by atoms with Crippen molar-refractivity contribution in [2.75, 3.05) is 0 Å². The van der Waals surface area contributed by atoms with Gasteiger partial charge in [-0.2, -0.15) is 5.10 Å². The van der Waals surface area contributed by atoms with Gasteiger partial charge in [-0.25, -0.2) is 0 Å². The normalized spacial score (nSPS) is 11.1. The van der Waals surface area contributed by atoms with E-state index in [0.717, 1.165) is 23.8 Å². The van der Waals surface area contributed by atoms with Gasteiger partial charge in [-0.15, -0.1) is 0 Å². The number of halogens is 1. The summed E-state index contributed by atoms with van der Waals surface area (Å²) in [4.78, 5) is 0. The molecule has 0 aliphatic heterocycles. The average molecular weight is 187 g/mol. The molecule has 0 spiro atoms. The quantitative estimate of drug-likeness (QED) is 0.710. The van der Waals surface area contributed by atoms with Crippen molar-refractivity contribution in [2.24, 2.45) is 5.92 Å². The van der Waals surface area contributed by atoms with Gasteiger partial charge in [-0.05, 0) is 25.3 Å². The van der Waals surface area contributed by atoms with Crippen molar-refractivity contribution in [3.63, 3.8) is 0 Å². The molecule has 0 aliphatic rings. The van der Waals surface area contributed by atoms with E-state index in [-0.39, 0.29) is 0 Å². The minimum absolute atomic E-state index is 0.700. The minimum atomic E-state index is 0.700. The summed E-state index contributed by atoms with van der Waals surface area (Å²) in [6, 6.07) is 1.89. The smallest absolute Gasteiger partial charge is 0.127 e. The number of rotatable bonds is 3. The van der Waals surface area contributed by atoms with Crippen molar-refractivity contribution >= 4 is 11.6 Å². The summed E-state index contributed by atoms with van der Waals surface area (Å²) < 4.78 is 1.86. The van der Waals surface area contributed by atoms with Gasteiger partial charge in [0.15, 0.2) is 0 Å². The van der Waals surface area contributed by atoms with Gasteiger partial charge in [0.05, 0.1) is 5.69 Å². The van der Waals surface area contributed by atoms with E-state index < -0.39 is 0 Å². The second-order valence-corrected chi connectivity index (χ2v) is 3.90. The fraction of sp³-hybridized carbons (Fsp3) is 0.667. The van der Waals surface area contributed by atoms with Crippen LogP contribution in [0.25, 0.3) is 0 Å². The Morgan fingerprint density at radius 2 is 2.25 bits per heavy atom. The molecule has 0 atom stereocenters. The van der Waals surface area contributed by atoms with E-state index in [1.165, 1.54) is 0 Å². The summed E-state index contributed by atoms with van der Waals surface area (Å²) in [5.41, 5.74) is 0.990. The molecule has 1 aromatic heterocycles. The molecule has 0 radical (unpaired) electrons. The Labute approximate surface area is 78.5 Å². The topological polar surface area (TPSA) is 17.8 Å². The lowest BCUT2D eigenvalue weighted by Gasteiger charge is -2.05. The van der Waals surface area contributed by atoms with E-state index in [0.29, 0.717) is 5.92 Å². The second-order valence-electron chi connectivity index (χ2n) is 3.51. The predicted octanol–water partition coefficient (Wildman–Crippen LogP) is 2.89. The summed E-state index contributed by atoms with van der Waals surface area (Å²) in [5, 5.41) is 5.01. The lowest BCUT2D eigenvalue weighted by atomic mass is 10.1. The standard InChI is InChI=1S/C9H15ClN2/c1-7(2)4-5-12-9(10)6-8(3)11-12/h6-7H,4-5H2,1-3H3. The minimum Gasteiger partial charge on any atom is -0.254 e. The van der Waals surface area contributed by atoms with Crippen LogP contribution in [-0.2, 0) is 6.54 Å². The largest absolute Gasteiger partial charge is 0.254 e. The molecule has 68 valence electrons. The molecule has 0 fully saturated rings. The van der Waals surface area contributed by atoms with Crippen LogP contribution in [-0.4, -0.2) is 9.78 Å². The third kappa shape index (κ3) is 2.52. The summed E-state index contributed by atoms with van der Waals surface area (Å²) in [6.07, 6.45) is 1.13. The molecule has 0 aliphatic carbocycles. The Bertz CT molecular complexity index is 253. The first-order valence-corrected chi connectivity index (χ1v) is 4.67. The van der Waals surface area contributed by atoms with Gasteiger partial charge in [0.2, 0.25) is 0 Å². The van der Waals surface area contributed by atoms with Crippen LogP contribution in [0.1, 0.15) is 26.0 Å². The highest BCUT2D eigenvalue weighted by molar-refractivity contribution is 6.29. The molecule has 12 heavy (non-hydrogen) atoms. The number of nitrogens with zero attached hydrogens (tertiary/aromatic N) is 2. The molecule has 1 aromatic rings. The van der Waals surface area contributed by atoms with Crippen LogP contribution in [0.4, 0.5) is 0 Å². The van der Waals surface area contributed by atoms with Crippen LogP contribution in [0, 0.1) is 12.8 Å². The first-order chi connectivity index (χ1) is 5.59. The predicted molar refractivity (Wildman–Crippen MR) is 51.4 cm³/mol. The van der Waals surface area contributed by atoms with Gasteiger partial charge in [0, 0.05) is 6.54 Å². The van der Waals surface area contributed by atoms with Crippen molar-refractivity contribution in [1.82, 2.24) is 9.78 Å². The Morgan fingerprint density at radius 3 is 2.67 bits per heavy atom. The zero-order chi connectivity index (χ0) is 9.14. The van der Waals surface area contributed by atoms with Crippen molar-refractivity contribution < 1.29 is 0 Å². The molecule has 0 bridgehead atoms. The zero-order valence-corrected chi connectivity index (χ0v) is 8.60. The van der Waals surface area contributed by atoms with E-state index in [4.69, 9.17) is 11.6 Å². The van der Waals surface area contributed by atoms with E-state index in [1.54, 1.807) is 0 Å². The monoisotopic (exact) mass is 186 g/mol. The number of aryl methyl sites for hydroxylation is 2. The molecular weight excluding hydrogens is 172 g/mol. The lowest BCUT2D eigenvalue weighted by molar-refractivity contribution is 0.486. The van der Waals surface area contributed by atoms with Crippen LogP contribution < -0.4 is 0 Å². The molecule has 3 heteroatoms. The van der Waals surface area contributed by atoms with E-state index in [2.05, 4.69) is 18.9 Å². The SMILES string of the molecule is Cc1cc(Cl)n(CCC(C)C)n1. The Balaban J connectivity index is 2.57. The molecule has 0 saturated carbocycles. The van der Waals surface area contributed by atoms with Crippen molar-refractivity contribution in [3.8, 4) is 0 Å². The van der Waals surface area contributed by atoms with E-state index in [1.807, 2.05) is 17.7 Å². The summed E-state index contributed by atoms with van der Waals surface area (Å²) in [7, 11) is 0. The Morgan fingerprint density at radius 1 is 1.58 bits per heavy atom. The molecule has 0 saturated heterocycles. The van der Waals surface area contributed by atoms with Gasteiger partial charge < -0.3 is 0 Å². The Hall–Kier alpha value is -0.500. The summed E-state index contributed by atoms with van der Waals surface area (Å²) in [5.74, 6) is 0.700. The highest BCUT2D eigenvalue weighted by Crippen LogP contribution is 2.12. The molecule has 1 rings (SSSR count). The maximum Gasteiger partial charge on any atom is 0.127 e. The molecule has 0 N–H and O–H groups in total. The van der Waals surface area contributed by atoms with E-state index in [9.17, 15) is 0 Å². The van der Waals surface area contributed by atoms with Gasteiger partial charge in [-0.1, -0.05) is 25.4 Å². The van der Waals surface area contributed by atoms with Gasteiger partial charge in [0.1, 0.15) is 5.15 Å². The molecule has 1 heterocycles. The maximum atomic E-state index is 5.93. The van der Waals surface area contributed by atoms with Gasteiger partial charge >= 0.3 is 0 Å². The maximum absolute atomic E-state index is 5.93. The van der Waals surface area contributed by atoms with Crippen LogP contribution in [0.2, 0.25) is 5.15 Å². The van der Waals surface area contributed by atoms with Gasteiger partial charge in [-0.3, -0.25) is 4.68 Å². The molecule has 0 amide bonds. The zero-order valence-electron chi connectivity index (χ0n) is 7.84. The van der Waals surface area contributed by atoms with Crippen LogP contribution in [0.5, 0.6) is 0 Å². The van der Waals surface area contributed by atoms with Gasteiger partial charge in [0.25, 0.3) is 0 Å². The van der Waals surface area contributed by atoms with E-state index >= 15 is 0 Å².